The molecule has 0 amide bonds. The lowest BCUT2D eigenvalue weighted by Gasteiger charge is -1.70. The molecule has 10 heavy (non-hydrogen) atoms. The summed E-state index contributed by atoms with van der Waals surface area (Å²) in [6.07, 6.45) is 0. The van der Waals surface area contributed by atoms with Crippen molar-refractivity contribution in [1.29, 1.82) is 5.53 Å². The lowest BCUT2D eigenvalue weighted by molar-refractivity contribution is 0.777. The van der Waals surface area contributed by atoms with Gasteiger partial charge in [-0.2, -0.15) is 10.6 Å². The molecule has 0 bridgehead atoms. The standard InChI is InChI=1S/C2H6N8/c1-2-4-6-8-10-9-7-5-3/h3H,2H2,1H3/b5-3?,6-4?,9-7+,10-8+. The van der Waals surface area contributed by atoms with Gasteiger partial charge in [-0.3, -0.25) is 0 Å². The Balaban J connectivity index is 3.46. The Morgan fingerprint density at radius 3 is 2.20 bits per heavy atom. The van der Waals surface area contributed by atoms with Crippen molar-refractivity contribution in [2.75, 3.05) is 6.54 Å². The van der Waals surface area contributed by atoms with E-state index in [4.69, 9.17) is 5.53 Å². The Labute approximate surface area is 56.6 Å². The van der Waals surface area contributed by atoms with Crippen LogP contribution in [0.4, 0.5) is 0 Å². The fraction of sp³-hybridized carbons (Fsp3) is 1.00. The second kappa shape index (κ2) is 7.40. The van der Waals surface area contributed by atoms with Gasteiger partial charge in [0.25, 0.3) is 0 Å². The number of rotatable bonds is 4. The van der Waals surface area contributed by atoms with Crippen LogP contribution in [0.3, 0.4) is 0 Å². The predicted octanol–water partition coefficient (Wildman–Crippen LogP) is 2.14. The van der Waals surface area contributed by atoms with Gasteiger partial charge in [0.15, 0.2) is 0 Å². The van der Waals surface area contributed by atoms with E-state index in [1.165, 1.54) is 0 Å². The number of nitrogens with one attached hydrogen (secondary N) is 1. The van der Waals surface area contributed by atoms with Gasteiger partial charge in [0.05, 0.1) is 6.54 Å². The Kier molecular flexibility index (Phi) is 6.22. The average Bonchev–Trinajstić information content (AvgIpc) is 1.97. The smallest absolute Gasteiger partial charge is 0.0593 e. The van der Waals surface area contributed by atoms with Crippen LogP contribution >= 0.6 is 0 Å². The van der Waals surface area contributed by atoms with Crippen LogP contribution in [0.2, 0.25) is 0 Å². The van der Waals surface area contributed by atoms with Crippen molar-refractivity contribution in [3.63, 3.8) is 0 Å². The molecule has 0 aromatic heterocycles. The molecule has 0 heterocycles. The molecule has 0 radical (unpaired) electrons. The van der Waals surface area contributed by atoms with Crippen LogP contribution in [0.1, 0.15) is 6.92 Å². The molecule has 0 aliphatic rings. The molecule has 0 aromatic rings. The first kappa shape index (κ1) is 8.40. The second-order valence-electron chi connectivity index (χ2n) is 1.00. The Morgan fingerprint density at radius 1 is 1.00 bits per heavy atom. The first-order valence-electron chi connectivity index (χ1n) is 2.45. The van der Waals surface area contributed by atoms with E-state index in [1.807, 2.05) is 0 Å². The Hall–Kier alpha value is -1.60. The highest BCUT2D eigenvalue weighted by Gasteiger charge is 1.65. The van der Waals surface area contributed by atoms with Gasteiger partial charge in [-0.1, -0.05) is 0 Å². The molecule has 0 spiro atoms. The molecule has 0 aliphatic heterocycles. The van der Waals surface area contributed by atoms with Gasteiger partial charge in [0, 0.05) is 0 Å². The third-order valence-electron chi connectivity index (χ3n) is 0.409. The molecule has 0 aromatic carbocycles. The van der Waals surface area contributed by atoms with Crippen molar-refractivity contribution < 1.29 is 0 Å². The summed E-state index contributed by atoms with van der Waals surface area (Å²) < 4.78 is 0. The van der Waals surface area contributed by atoms with Crippen LogP contribution in [0, 0.1) is 5.53 Å². The van der Waals surface area contributed by atoms with E-state index in [-0.39, 0.29) is 0 Å². The predicted molar refractivity (Wildman–Crippen MR) is 30.3 cm³/mol. The number of nitrogens with zero attached hydrogens (tertiary/aromatic N) is 7. The van der Waals surface area contributed by atoms with Crippen molar-refractivity contribution in [3.8, 4) is 0 Å². The van der Waals surface area contributed by atoms with Crippen LogP contribution in [-0.2, 0) is 0 Å². The number of hydrogen-bond donors (Lipinski definition) is 1. The summed E-state index contributed by atoms with van der Waals surface area (Å²) in [5.74, 6) is 0. The molecule has 0 saturated carbocycles. The molecule has 8 heteroatoms. The fourth-order valence-electron chi connectivity index (χ4n) is 0.165. The van der Waals surface area contributed by atoms with E-state index in [1.54, 1.807) is 6.92 Å². The van der Waals surface area contributed by atoms with Crippen molar-refractivity contribution in [3.05, 3.63) is 0 Å². The maximum atomic E-state index is 6.13. The van der Waals surface area contributed by atoms with E-state index in [9.17, 15) is 0 Å². The van der Waals surface area contributed by atoms with E-state index in [0.29, 0.717) is 6.54 Å². The second-order valence-corrected chi connectivity index (χ2v) is 1.00. The number of hydrogen-bond acceptors (Lipinski definition) is 2. The molecular formula is C2H6N8. The van der Waals surface area contributed by atoms with Crippen molar-refractivity contribution >= 4 is 0 Å². The van der Waals surface area contributed by atoms with Crippen LogP contribution in [0.5, 0.6) is 0 Å². The van der Waals surface area contributed by atoms with Gasteiger partial charge in [0.1, 0.15) is 0 Å². The first-order valence-corrected chi connectivity index (χ1v) is 2.45. The van der Waals surface area contributed by atoms with Crippen molar-refractivity contribution in [2.24, 2.45) is 36.5 Å². The summed E-state index contributed by atoms with van der Waals surface area (Å²) in [4.78, 5) is 0. The zero-order valence-corrected chi connectivity index (χ0v) is 5.34. The average molecular weight is 142 g/mol. The summed E-state index contributed by atoms with van der Waals surface area (Å²) in [6.45, 7) is 2.35. The van der Waals surface area contributed by atoms with Gasteiger partial charge >= 0.3 is 0 Å². The van der Waals surface area contributed by atoms with Crippen molar-refractivity contribution in [2.45, 2.75) is 6.92 Å². The maximum absolute atomic E-state index is 6.13. The summed E-state index contributed by atoms with van der Waals surface area (Å²) in [6, 6.07) is 0. The van der Waals surface area contributed by atoms with Crippen LogP contribution in [0.15, 0.2) is 36.5 Å². The van der Waals surface area contributed by atoms with E-state index in [0.717, 1.165) is 0 Å². The molecule has 0 fully saturated rings. The monoisotopic (exact) mass is 142 g/mol. The highest BCUT2D eigenvalue weighted by molar-refractivity contribution is 4.18. The minimum Gasteiger partial charge on any atom is -0.183 e. The molecule has 0 unspecified atom stereocenters. The molecular weight excluding hydrogens is 136 g/mol. The Morgan fingerprint density at radius 2 is 1.60 bits per heavy atom. The third kappa shape index (κ3) is 6.40. The summed E-state index contributed by atoms with van der Waals surface area (Å²) in [5.41, 5.74) is 6.13. The molecule has 0 saturated heterocycles. The van der Waals surface area contributed by atoms with E-state index in [2.05, 4.69) is 36.5 Å². The van der Waals surface area contributed by atoms with E-state index >= 15 is 0 Å². The summed E-state index contributed by atoms with van der Waals surface area (Å²) in [7, 11) is 0. The van der Waals surface area contributed by atoms with Gasteiger partial charge in [-0.25, -0.2) is 0 Å². The molecule has 1 N–H and O–H groups in total. The van der Waals surface area contributed by atoms with Gasteiger partial charge in [-0.05, 0) is 38.3 Å². The summed E-state index contributed by atoms with van der Waals surface area (Å²) >= 11 is 0. The maximum Gasteiger partial charge on any atom is 0.0593 e. The SMILES string of the molecule is CCN=N/N=N/N=N/N=N. The minimum absolute atomic E-state index is 0.541. The van der Waals surface area contributed by atoms with Crippen LogP contribution < -0.4 is 0 Å². The van der Waals surface area contributed by atoms with E-state index < -0.39 is 0 Å². The molecule has 54 valence electrons. The highest BCUT2D eigenvalue weighted by Crippen LogP contribution is 1.82. The van der Waals surface area contributed by atoms with Crippen LogP contribution in [-0.4, -0.2) is 6.54 Å². The molecule has 0 rings (SSSR count). The van der Waals surface area contributed by atoms with Gasteiger partial charge < -0.3 is 0 Å². The summed E-state index contributed by atoms with van der Waals surface area (Å²) in [5, 5.41) is 21.0. The quantitative estimate of drug-likeness (QED) is 0.458. The lowest BCUT2D eigenvalue weighted by atomic mass is 10.8. The highest BCUT2D eigenvalue weighted by atomic mass is 15.6. The van der Waals surface area contributed by atoms with Gasteiger partial charge in [-0.15, -0.1) is 0 Å². The zero-order chi connectivity index (χ0) is 7.66. The topological polar surface area (TPSA) is 110 Å². The Bertz CT molecular complexity index is 155. The molecule has 8 nitrogen and oxygen atoms in total. The largest absolute Gasteiger partial charge is 0.183 e. The van der Waals surface area contributed by atoms with Gasteiger partial charge in [0.2, 0.25) is 0 Å². The zero-order valence-electron chi connectivity index (χ0n) is 5.34. The minimum atomic E-state index is 0.541. The van der Waals surface area contributed by atoms with Crippen molar-refractivity contribution in [1.82, 2.24) is 0 Å². The fourth-order valence-corrected chi connectivity index (χ4v) is 0.165. The molecule has 0 atom stereocenters. The third-order valence-corrected chi connectivity index (χ3v) is 0.409. The lowest BCUT2D eigenvalue weighted by Crippen LogP contribution is -1.58. The first-order chi connectivity index (χ1) is 4.91. The molecule has 0 aliphatic carbocycles. The van der Waals surface area contributed by atoms with Crippen LogP contribution in [0.25, 0.3) is 0 Å². The normalized spacial score (nSPS) is 12.1.